The van der Waals surface area contributed by atoms with Gasteiger partial charge in [0.25, 0.3) is 0 Å². The van der Waals surface area contributed by atoms with E-state index in [1.165, 1.54) is 4.31 Å². The summed E-state index contributed by atoms with van der Waals surface area (Å²) in [6, 6.07) is -0.102. The highest BCUT2D eigenvalue weighted by molar-refractivity contribution is 7.90. The minimum absolute atomic E-state index is 0.0193. The minimum atomic E-state index is -3.48. The first-order chi connectivity index (χ1) is 11.7. The van der Waals surface area contributed by atoms with Crippen LogP contribution in [0.25, 0.3) is 0 Å². The third-order valence-corrected chi connectivity index (χ3v) is 9.28. The van der Waals surface area contributed by atoms with Crippen molar-refractivity contribution in [2.45, 2.75) is 78.7 Å². The van der Waals surface area contributed by atoms with E-state index in [0.29, 0.717) is 12.3 Å². The number of unbranched alkanes of at least 4 members (excludes halogenated alkanes) is 2. The zero-order valence-corrected chi connectivity index (χ0v) is 16.9. The zero-order chi connectivity index (χ0) is 18.5. The Kier molecular flexibility index (Phi) is 4.85. The molecule has 0 N–H and O–H groups in total. The predicted octanol–water partition coefficient (Wildman–Crippen LogP) is 4.13. The Morgan fingerprint density at radius 3 is 2.72 bits per heavy atom. The quantitative estimate of drug-likeness (QED) is 0.524. The molecule has 0 aromatic rings. The van der Waals surface area contributed by atoms with E-state index in [2.05, 4.69) is 32.9 Å². The van der Waals surface area contributed by atoms with E-state index >= 15 is 0 Å². The summed E-state index contributed by atoms with van der Waals surface area (Å²) in [5, 5.41) is 0. The van der Waals surface area contributed by atoms with Crippen LogP contribution in [0.3, 0.4) is 0 Å². The van der Waals surface area contributed by atoms with Crippen molar-refractivity contribution in [2.75, 3.05) is 5.75 Å². The average Bonchev–Trinajstić information content (AvgIpc) is 2.98. The van der Waals surface area contributed by atoms with Gasteiger partial charge < -0.3 is 0 Å². The van der Waals surface area contributed by atoms with Gasteiger partial charge in [0.2, 0.25) is 15.9 Å². The fourth-order valence-corrected chi connectivity index (χ4v) is 8.26. The van der Waals surface area contributed by atoms with E-state index in [-0.39, 0.29) is 34.4 Å². The molecule has 1 aliphatic heterocycles. The summed E-state index contributed by atoms with van der Waals surface area (Å²) in [6.07, 6.45) is 10.7. The number of hydrogen-bond acceptors (Lipinski definition) is 3. The molecule has 1 amide bonds. The van der Waals surface area contributed by atoms with Crippen molar-refractivity contribution in [1.82, 2.24) is 4.31 Å². The van der Waals surface area contributed by atoms with Gasteiger partial charge in [-0.3, -0.25) is 4.79 Å². The number of amides is 1. The molecule has 2 aliphatic carbocycles. The van der Waals surface area contributed by atoms with Crippen molar-refractivity contribution in [3.05, 3.63) is 12.2 Å². The Bertz CT molecular complexity index is 666. The van der Waals surface area contributed by atoms with Crippen molar-refractivity contribution >= 4 is 15.9 Å². The summed E-state index contributed by atoms with van der Waals surface area (Å²) in [6.45, 7) is 8.59. The van der Waals surface area contributed by atoms with E-state index in [0.717, 1.165) is 38.5 Å². The molecule has 0 aromatic carbocycles. The fraction of sp³-hybridized carbons (Fsp3) is 0.850. The highest BCUT2D eigenvalue weighted by Crippen LogP contribution is 2.70. The third kappa shape index (κ3) is 2.87. The molecule has 1 spiro atoms. The molecule has 5 heteroatoms. The molecule has 3 rings (SSSR count). The molecule has 0 unspecified atom stereocenters. The topological polar surface area (TPSA) is 54.5 Å². The first kappa shape index (κ1) is 18.9. The molecular weight excluding hydrogens is 334 g/mol. The van der Waals surface area contributed by atoms with Crippen LogP contribution in [-0.2, 0) is 14.8 Å². The first-order valence-electron chi connectivity index (χ1n) is 9.87. The monoisotopic (exact) mass is 367 g/mol. The molecular formula is C20H33NO3S. The number of carbonyl (C=O) groups excluding carboxylic acids is 1. The maximum Gasteiger partial charge on any atom is 0.238 e. The van der Waals surface area contributed by atoms with Gasteiger partial charge in [-0.25, -0.2) is 12.7 Å². The number of allylic oxidation sites excluding steroid dienone is 2. The van der Waals surface area contributed by atoms with Crippen LogP contribution in [0.2, 0.25) is 0 Å². The lowest BCUT2D eigenvalue weighted by atomic mass is 9.69. The van der Waals surface area contributed by atoms with Crippen LogP contribution in [0.1, 0.15) is 72.6 Å². The van der Waals surface area contributed by atoms with E-state index in [1.54, 1.807) is 0 Å². The second-order valence-electron chi connectivity index (χ2n) is 9.06. The Labute approximate surface area is 153 Å². The van der Waals surface area contributed by atoms with Crippen molar-refractivity contribution in [3.8, 4) is 0 Å². The molecule has 1 heterocycles. The Morgan fingerprint density at radius 1 is 1.36 bits per heavy atom. The Hall–Kier alpha value is -0.840. The lowest BCUT2D eigenvalue weighted by Crippen LogP contribution is -2.44. The molecule has 2 saturated carbocycles. The van der Waals surface area contributed by atoms with Crippen LogP contribution in [-0.4, -0.2) is 30.4 Å². The lowest BCUT2D eigenvalue weighted by Gasteiger charge is -2.37. The predicted molar refractivity (Wildman–Crippen MR) is 100 cm³/mol. The van der Waals surface area contributed by atoms with Crippen molar-refractivity contribution in [1.29, 1.82) is 0 Å². The summed E-state index contributed by atoms with van der Waals surface area (Å²) in [4.78, 5) is 12.9. The molecule has 25 heavy (non-hydrogen) atoms. The van der Waals surface area contributed by atoms with Gasteiger partial charge >= 0.3 is 0 Å². The SMILES string of the molecule is CCCC/C=C/[C@@H](C)CC(=O)N1[C@@H]2C[C@H]3CC[C@]2(CS1(=O)=O)C3(C)C. The van der Waals surface area contributed by atoms with Crippen LogP contribution in [0.15, 0.2) is 12.2 Å². The second kappa shape index (κ2) is 6.40. The average molecular weight is 368 g/mol. The minimum Gasteiger partial charge on any atom is -0.274 e. The van der Waals surface area contributed by atoms with E-state index in [9.17, 15) is 13.2 Å². The highest BCUT2D eigenvalue weighted by Gasteiger charge is 2.72. The molecule has 0 radical (unpaired) electrons. The number of hydrogen-bond donors (Lipinski definition) is 0. The molecule has 3 aliphatic rings. The summed E-state index contributed by atoms with van der Waals surface area (Å²) in [7, 11) is -3.48. The molecule has 4 nitrogen and oxygen atoms in total. The van der Waals surface area contributed by atoms with E-state index < -0.39 is 10.0 Å². The van der Waals surface area contributed by atoms with Gasteiger partial charge in [0, 0.05) is 11.8 Å². The number of carbonyl (C=O) groups is 1. The maximum absolute atomic E-state index is 12.9. The highest BCUT2D eigenvalue weighted by atomic mass is 32.2. The van der Waals surface area contributed by atoms with Crippen LogP contribution in [0.5, 0.6) is 0 Å². The van der Waals surface area contributed by atoms with E-state index in [4.69, 9.17) is 0 Å². The second-order valence-corrected chi connectivity index (χ2v) is 10.9. The Morgan fingerprint density at radius 2 is 2.08 bits per heavy atom. The number of rotatable bonds is 6. The van der Waals surface area contributed by atoms with Gasteiger partial charge in [0.1, 0.15) is 0 Å². The number of nitrogens with zero attached hydrogens (tertiary/aromatic N) is 1. The molecule has 3 fully saturated rings. The largest absolute Gasteiger partial charge is 0.274 e. The smallest absolute Gasteiger partial charge is 0.238 e. The molecule has 1 saturated heterocycles. The normalized spacial score (nSPS) is 36.1. The maximum atomic E-state index is 12.9. The van der Waals surface area contributed by atoms with Crippen LogP contribution >= 0.6 is 0 Å². The zero-order valence-electron chi connectivity index (χ0n) is 16.1. The van der Waals surface area contributed by atoms with E-state index in [1.807, 2.05) is 6.92 Å². The number of sulfonamides is 1. The standard InChI is InChI=1S/C20H33NO3S/c1-5-6-7-8-9-15(2)12-18(22)21-17-13-16-10-11-20(17,19(16,3)4)14-25(21,23)24/h8-9,15-17H,5-7,10-14H2,1-4H3/b9-8+/t15-,16-,17-,20-/m1/s1. The lowest BCUT2D eigenvalue weighted by molar-refractivity contribution is -0.129. The summed E-state index contributed by atoms with van der Waals surface area (Å²) in [5.41, 5.74) is -0.197. The fourth-order valence-electron chi connectivity index (χ4n) is 5.70. The molecule has 142 valence electrons. The third-order valence-electron chi connectivity index (χ3n) is 7.34. The van der Waals surface area contributed by atoms with Crippen LogP contribution in [0.4, 0.5) is 0 Å². The Balaban J connectivity index is 1.74. The summed E-state index contributed by atoms with van der Waals surface area (Å²) in [5.74, 6) is 0.607. The summed E-state index contributed by atoms with van der Waals surface area (Å²) >= 11 is 0. The van der Waals surface area contributed by atoms with Gasteiger partial charge in [-0.05, 0) is 42.9 Å². The van der Waals surface area contributed by atoms with Crippen molar-refractivity contribution < 1.29 is 13.2 Å². The summed E-state index contributed by atoms with van der Waals surface area (Å²) < 4.78 is 27.0. The van der Waals surface area contributed by atoms with Gasteiger partial charge in [-0.15, -0.1) is 0 Å². The number of fused-ring (bicyclic) bond motifs is 1. The van der Waals surface area contributed by atoms with Crippen LogP contribution < -0.4 is 0 Å². The van der Waals surface area contributed by atoms with Gasteiger partial charge in [0.15, 0.2) is 0 Å². The van der Waals surface area contributed by atoms with Crippen molar-refractivity contribution in [2.24, 2.45) is 22.7 Å². The van der Waals surface area contributed by atoms with Crippen LogP contribution in [0, 0.1) is 22.7 Å². The van der Waals surface area contributed by atoms with Gasteiger partial charge in [-0.2, -0.15) is 0 Å². The van der Waals surface area contributed by atoms with Gasteiger partial charge in [-0.1, -0.05) is 52.7 Å². The first-order valence-corrected chi connectivity index (χ1v) is 11.5. The molecule has 0 aromatic heterocycles. The molecule has 2 bridgehead atoms. The van der Waals surface area contributed by atoms with Gasteiger partial charge in [0.05, 0.1) is 11.8 Å². The van der Waals surface area contributed by atoms with Crippen molar-refractivity contribution in [3.63, 3.8) is 0 Å². The molecule has 4 atom stereocenters.